The Morgan fingerprint density at radius 2 is 2.24 bits per heavy atom. The summed E-state index contributed by atoms with van der Waals surface area (Å²) < 4.78 is 0.873. The molecular weight excluding hydrogens is 326 g/mol. The molecule has 0 saturated heterocycles. The number of aryl methyl sites for hydroxylation is 1. The smallest absolute Gasteiger partial charge is 0.347 e. The van der Waals surface area contributed by atoms with Crippen LogP contribution in [0.3, 0.4) is 0 Å². The van der Waals surface area contributed by atoms with Gasteiger partial charge in [0.05, 0.1) is 10.7 Å². The van der Waals surface area contributed by atoms with Crippen LogP contribution in [0.4, 0.5) is 0 Å². The van der Waals surface area contributed by atoms with E-state index in [4.69, 9.17) is 16.7 Å². The quantitative estimate of drug-likeness (QED) is 0.895. The predicted octanol–water partition coefficient (Wildman–Crippen LogP) is 4.23. The van der Waals surface area contributed by atoms with Gasteiger partial charge in [0.25, 0.3) is 0 Å². The molecule has 0 aliphatic rings. The van der Waals surface area contributed by atoms with Gasteiger partial charge in [-0.05, 0) is 25.1 Å². The second kappa shape index (κ2) is 4.76. The number of nitrogens with zero attached hydrogens (tertiary/aromatic N) is 1. The molecule has 6 heteroatoms. The van der Waals surface area contributed by atoms with Gasteiger partial charge in [0.15, 0.2) is 0 Å². The number of aromatic nitrogens is 1. The zero-order valence-corrected chi connectivity index (χ0v) is 11.9. The number of halogens is 2. The van der Waals surface area contributed by atoms with Gasteiger partial charge in [0.2, 0.25) is 0 Å². The van der Waals surface area contributed by atoms with Crippen molar-refractivity contribution in [3.63, 3.8) is 0 Å². The molecule has 0 unspecified atom stereocenters. The van der Waals surface area contributed by atoms with E-state index in [2.05, 4.69) is 20.9 Å². The molecule has 0 saturated carbocycles. The summed E-state index contributed by atoms with van der Waals surface area (Å²) in [6.07, 6.45) is 0. The molecule has 1 N–H and O–H groups in total. The van der Waals surface area contributed by atoms with Crippen molar-refractivity contribution in [1.29, 1.82) is 0 Å². The van der Waals surface area contributed by atoms with E-state index in [0.29, 0.717) is 15.7 Å². The summed E-state index contributed by atoms with van der Waals surface area (Å²) in [6, 6.07) is 5.42. The molecular formula is C11H7BrClNO2S. The molecule has 2 aromatic rings. The molecule has 0 aliphatic heterocycles. The third kappa shape index (κ3) is 2.51. The van der Waals surface area contributed by atoms with Gasteiger partial charge < -0.3 is 5.11 Å². The molecule has 0 aliphatic carbocycles. The number of hydrogen-bond donors (Lipinski definition) is 1. The van der Waals surface area contributed by atoms with Crippen LogP contribution in [0.1, 0.15) is 15.4 Å². The number of rotatable bonds is 2. The molecule has 17 heavy (non-hydrogen) atoms. The van der Waals surface area contributed by atoms with Crippen LogP contribution in [0.5, 0.6) is 0 Å². The highest BCUT2D eigenvalue weighted by Crippen LogP contribution is 2.34. The molecule has 0 bridgehead atoms. The number of carbonyl (C=O) groups is 1. The average molecular weight is 333 g/mol. The first-order chi connectivity index (χ1) is 7.99. The number of carboxylic acids is 1. The minimum atomic E-state index is -0.959. The second-order valence-corrected chi connectivity index (χ2v) is 5.68. The Labute approximate surface area is 115 Å². The zero-order chi connectivity index (χ0) is 12.6. The van der Waals surface area contributed by atoms with Crippen LogP contribution >= 0.6 is 38.9 Å². The fourth-order valence-electron chi connectivity index (χ4n) is 1.37. The Morgan fingerprint density at radius 3 is 2.76 bits per heavy atom. The summed E-state index contributed by atoms with van der Waals surface area (Å²) in [5.74, 6) is -0.959. The highest BCUT2D eigenvalue weighted by atomic mass is 79.9. The molecule has 1 aromatic carbocycles. The van der Waals surface area contributed by atoms with Crippen LogP contribution in [0.15, 0.2) is 22.7 Å². The minimum Gasteiger partial charge on any atom is -0.477 e. The molecule has 0 amide bonds. The Kier molecular flexibility index (Phi) is 3.51. The first-order valence-electron chi connectivity index (χ1n) is 4.65. The summed E-state index contributed by atoms with van der Waals surface area (Å²) in [4.78, 5) is 15.4. The van der Waals surface area contributed by atoms with Crippen molar-refractivity contribution < 1.29 is 9.90 Å². The van der Waals surface area contributed by atoms with Gasteiger partial charge in [-0.25, -0.2) is 9.78 Å². The van der Waals surface area contributed by atoms with Crippen LogP contribution in [0.2, 0.25) is 5.02 Å². The first kappa shape index (κ1) is 12.5. The van der Waals surface area contributed by atoms with E-state index >= 15 is 0 Å². The Balaban J connectivity index is 2.53. The van der Waals surface area contributed by atoms with Gasteiger partial charge >= 0.3 is 5.97 Å². The molecule has 0 atom stereocenters. The molecule has 88 valence electrons. The third-order valence-corrected chi connectivity index (χ3v) is 4.14. The van der Waals surface area contributed by atoms with Gasteiger partial charge in [-0.1, -0.05) is 27.5 Å². The topological polar surface area (TPSA) is 50.2 Å². The Bertz CT molecular complexity index is 597. The number of aromatic carboxylic acids is 1. The van der Waals surface area contributed by atoms with Gasteiger partial charge in [-0.15, -0.1) is 11.3 Å². The summed E-state index contributed by atoms with van der Waals surface area (Å²) in [5, 5.41) is 10.1. The zero-order valence-electron chi connectivity index (χ0n) is 8.70. The maximum Gasteiger partial charge on any atom is 0.347 e. The van der Waals surface area contributed by atoms with Crippen molar-refractivity contribution >= 4 is 44.8 Å². The second-order valence-electron chi connectivity index (χ2n) is 3.36. The van der Waals surface area contributed by atoms with E-state index in [0.717, 1.165) is 21.4 Å². The molecule has 3 nitrogen and oxygen atoms in total. The standard InChI is InChI=1S/C11H7BrClNO2S/c1-5-9(11(15)16)17-10(14-5)7-3-2-6(12)4-8(7)13/h2-4H,1H3,(H,15,16). The van der Waals surface area contributed by atoms with Crippen LogP contribution in [-0.4, -0.2) is 16.1 Å². The summed E-state index contributed by atoms with van der Waals surface area (Å²) >= 11 is 10.5. The highest BCUT2D eigenvalue weighted by molar-refractivity contribution is 9.10. The van der Waals surface area contributed by atoms with Gasteiger partial charge in [-0.3, -0.25) is 0 Å². The maximum atomic E-state index is 10.9. The highest BCUT2D eigenvalue weighted by Gasteiger charge is 2.16. The van der Waals surface area contributed by atoms with E-state index in [1.807, 2.05) is 12.1 Å². The fraction of sp³-hybridized carbons (Fsp3) is 0.0909. The average Bonchev–Trinajstić information content (AvgIpc) is 2.60. The lowest BCUT2D eigenvalue weighted by molar-refractivity contribution is 0.0701. The Hall–Kier alpha value is -0.910. The molecule has 1 aromatic heterocycles. The number of carboxylic acid groups (broad SMARTS) is 1. The molecule has 2 rings (SSSR count). The SMILES string of the molecule is Cc1nc(-c2ccc(Br)cc2Cl)sc1C(=O)O. The van der Waals surface area contributed by atoms with Crippen LogP contribution in [0.25, 0.3) is 10.6 Å². The molecule has 1 heterocycles. The van der Waals surface area contributed by atoms with E-state index in [1.165, 1.54) is 0 Å². The predicted molar refractivity (Wildman–Crippen MR) is 72.0 cm³/mol. The van der Waals surface area contributed by atoms with E-state index < -0.39 is 5.97 Å². The first-order valence-corrected chi connectivity index (χ1v) is 6.64. The lowest BCUT2D eigenvalue weighted by atomic mass is 10.2. The summed E-state index contributed by atoms with van der Waals surface area (Å²) in [7, 11) is 0. The summed E-state index contributed by atoms with van der Waals surface area (Å²) in [5.41, 5.74) is 1.26. The van der Waals surface area contributed by atoms with Crippen molar-refractivity contribution in [2.24, 2.45) is 0 Å². The van der Waals surface area contributed by atoms with Gasteiger partial charge in [0.1, 0.15) is 9.88 Å². The number of hydrogen-bond acceptors (Lipinski definition) is 3. The van der Waals surface area contributed by atoms with Crippen molar-refractivity contribution in [2.75, 3.05) is 0 Å². The van der Waals surface area contributed by atoms with Gasteiger partial charge in [0, 0.05) is 10.0 Å². The van der Waals surface area contributed by atoms with Gasteiger partial charge in [-0.2, -0.15) is 0 Å². The van der Waals surface area contributed by atoms with E-state index in [1.54, 1.807) is 13.0 Å². The van der Waals surface area contributed by atoms with Crippen LogP contribution < -0.4 is 0 Å². The number of benzene rings is 1. The van der Waals surface area contributed by atoms with Crippen molar-refractivity contribution in [3.8, 4) is 10.6 Å². The van der Waals surface area contributed by atoms with Crippen LogP contribution in [-0.2, 0) is 0 Å². The normalized spacial score (nSPS) is 10.5. The third-order valence-electron chi connectivity index (χ3n) is 2.15. The molecule has 0 radical (unpaired) electrons. The van der Waals surface area contributed by atoms with E-state index in [-0.39, 0.29) is 4.88 Å². The lowest BCUT2D eigenvalue weighted by Crippen LogP contribution is -1.94. The van der Waals surface area contributed by atoms with E-state index in [9.17, 15) is 4.79 Å². The fourth-order valence-corrected chi connectivity index (χ4v) is 3.14. The number of thiazole rings is 1. The maximum absolute atomic E-state index is 10.9. The summed E-state index contributed by atoms with van der Waals surface area (Å²) in [6.45, 7) is 1.68. The largest absolute Gasteiger partial charge is 0.477 e. The molecule has 0 fully saturated rings. The van der Waals surface area contributed by atoms with Crippen molar-refractivity contribution in [3.05, 3.63) is 38.3 Å². The minimum absolute atomic E-state index is 0.249. The lowest BCUT2D eigenvalue weighted by Gasteiger charge is -2.00. The molecule has 0 spiro atoms. The Morgan fingerprint density at radius 1 is 1.53 bits per heavy atom. The monoisotopic (exact) mass is 331 g/mol. The van der Waals surface area contributed by atoms with Crippen LogP contribution in [0, 0.1) is 6.92 Å². The van der Waals surface area contributed by atoms with Crippen molar-refractivity contribution in [1.82, 2.24) is 4.98 Å². The van der Waals surface area contributed by atoms with Crippen molar-refractivity contribution in [2.45, 2.75) is 6.92 Å².